The maximum Gasteiger partial charge on any atom is 0.326 e. The van der Waals surface area contributed by atoms with Gasteiger partial charge in [0.05, 0.1) is 26.1 Å². The van der Waals surface area contributed by atoms with Gasteiger partial charge in [0.15, 0.2) is 0 Å². The molecule has 0 aliphatic rings. The lowest BCUT2D eigenvalue weighted by Crippen LogP contribution is -2.61. The molecule has 0 bridgehead atoms. The Hall–Kier alpha value is -7.02. The molecule has 0 radical (unpaired) electrons. The first kappa shape index (κ1) is 66.1. The van der Waals surface area contributed by atoms with Gasteiger partial charge in [-0.25, -0.2) is 9.78 Å². The first-order valence-corrected chi connectivity index (χ1v) is 26.4. The predicted octanol–water partition coefficient (Wildman–Crippen LogP) is -5.06. The average molecular weight is 1120 g/mol. The number of benzene rings is 1. The number of aromatic amines is 1. The number of aliphatic carboxylic acids is 1. The number of thiol groups is 1. The van der Waals surface area contributed by atoms with Crippen LogP contribution in [0.25, 0.3) is 0 Å². The fourth-order valence-corrected chi connectivity index (χ4v) is 7.81. The lowest BCUT2D eigenvalue weighted by atomic mass is 10.0. The number of nitrogens with zero attached hydrogens (tertiary/aromatic N) is 1. The average Bonchev–Trinajstić information content (AvgIpc) is 3.90. The standard InChI is InChI=1S/C47H73N13O15S2/c1-23(2)14-31(56-40(67)29(10-11-36(49)64)54-45(72)35(21-76)59-39(66)28(48)19-61)42(69)58-34(20-62)44(71)60-38(24(3)4)46(73)51-18-37(65)53-32(15-25-6-8-27(63)9-7-25)43(70)55-30(12-13-77-5)41(68)57-33(47(74)75)16-26-17-50-22-52-26/h6-9,17,22-24,28-35,38,61-63,76H,10-16,18-21,48H2,1-5H3,(H2,49,64)(H,50,52)(H,51,73)(H,53,65)(H,54,72)(H,55,70)(H,56,67)(H,57,68)(H,58,69)(H,59,66)(H,60,71)(H,74,75)/t28-,29-,30-,31-,32-,33-,34-,35-,38-/m0/s1. The molecule has 30 heteroatoms. The third-order valence-corrected chi connectivity index (χ3v) is 12.4. The van der Waals surface area contributed by atoms with Crippen molar-refractivity contribution in [3.63, 3.8) is 0 Å². The van der Waals surface area contributed by atoms with E-state index in [1.807, 2.05) is 0 Å². The zero-order chi connectivity index (χ0) is 57.9. The molecule has 18 N–H and O–H groups in total. The molecule has 28 nitrogen and oxygen atoms in total. The number of thioether (sulfide) groups is 1. The van der Waals surface area contributed by atoms with Crippen molar-refractivity contribution in [2.24, 2.45) is 23.3 Å². The van der Waals surface area contributed by atoms with Crippen LogP contribution in [-0.4, -0.2) is 187 Å². The van der Waals surface area contributed by atoms with Crippen molar-refractivity contribution in [2.45, 2.75) is 121 Å². The monoisotopic (exact) mass is 1120 g/mol. The number of H-pyrrole nitrogens is 1. The molecule has 0 aliphatic heterocycles. The number of rotatable bonds is 35. The van der Waals surface area contributed by atoms with Gasteiger partial charge in [0, 0.05) is 36.9 Å². The van der Waals surface area contributed by atoms with Gasteiger partial charge in [-0.1, -0.05) is 39.8 Å². The van der Waals surface area contributed by atoms with Crippen LogP contribution in [0.4, 0.5) is 0 Å². The molecule has 1 aromatic carbocycles. The fourth-order valence-electron chi connectivity index (χ4n) is 7.08. The van der Waals surface area contributed by atoms with Crippen molar-refractivity contribution in [1.29, 1.82) is 0 Å². The molecule has 9 atom stereocenters. The zero-order valence-electron chi connectivity index (χ0n) is 43.3. The van der Waals surface area contributed by atoms with Crippen molar-refractivity contribution >= 4 is 89.4 Å². The molecule has 428 valence electrons. The van der Waals surface area contributed by atoms with Crippen molar-refractivity contribution < 1.29 is 73.2 Å². The molecule has 1 aromatic heterocycles. The van der Waals surface area contributed by atoms with Crippen molar-refractivity contribution in [3.05, 3.63) is 48.0 Å². The Morgan fingerprint density at radius 2 is 1.19 bits per heavy atom. The summed E-state index contributed by atoms with van der Waals surface area (Å²) in [4.78, 5) is 151. The van der Waals surface area contributed by atoms with Gasteiger partial charge in [0.1, 0.15) is 60.1 Å². The number of primary amides is 1. The number of carbonyl (C=O) groups is 11. The summed E-state index contributed by atoms with van der Waals surface area (Å²) in [6.45, 7) is 4.03. The van der Waals surface area contributed by atoms with E-state index in [2.05, 4.69) is 70.4 Å². The minimum absolute atomic E-state index is 0.0484. The summed E-state index contributed by atoms with van der Waals surface area (Å²) in [5.41, 5.74) is 11.7. The summed E-state index contributed by atoms with van der Waals surface area (Å²) in [5.74, 6) is -11.4. The van der Waals surface area contributed by atoms with E-state index in [-0.39, 0.29) is 49.5 Å². The number of nitrogens with one attached hydrogen (secondary N) is 10. The van der Waals surface area contributed by atoms with E-state index in [9.17, 15) is 73.2 Å². The van der Waals surface area contributed by atoms with Gasteiger partial charge in [-0.3, -0.25) is 47.9 Å². The molecule has 0 unspecified atom stereocenters. The smallest absolute Gasteiger partial charge is 0.326 e. The summed E-state index contributed by atoms with van der Waals surface area (Å²) >= 11 is 5.41. The SMILES string of the molecule is CSCC[C@H](NC(=O)[C@H](Cc1ccc(O)cc1)NC(=O)CNC(=O)[C@@H](NC(=O)[C@H](CO)NC(=O)[C@H](CC(C)C)NC(=O)[C@H](CCC(N)=O)NC(=O)[C@H](CS)NC(=O)[C@@H](N)CO)C(C)C)C(=O)N[C@@H](Cc1cnc[nH]1)C(=O)O. The normalized spacial score (nSPS) is 14.6. The number of carboxylic acid groups (broad SMARTS) is 1. The first-order valence-electron chi connectivity index (χ1n) is 24.4. The number of aromatic hydroxyl groups is 1. The lowest BCUT2D eigenvalue weighted by molar-refractivity contribution is -0.142. The van der Waals surface area contributed by atoms with Crippen LogP contribution < -0.4 is 59.3 Å². The number of nitrogens with two attached hydrogens (primary N) is 2. The summed E-state index contributed by atoms with van der Waals surface area (Å²) in [7, 11) is 0. The number of phenolic OH excluding ortho intramolecular Hbond substituents is 1. The Kier molecular flexibility index (Phi) is 29.1. The number of aliphatic hydroxyl groups excluding tert-OH is 2. The fraction of sp³-hybridized carbons (Fsp3) is 0.574. The second-order valence-electron chi connectivity index (χ2n) is 18.5. The van der Waals surface area contributed by atoms with Crippen LogP contribution in [0, 0.1) is 11.8 Å². The second-order valence-corrected chi connectivity index (χ2v) is 19.8. The van der Waals surface area contributed by atoms with E-state index >= 15 is 0 Å². The number of carboxylic acids is 1. The zero-order valence-corrected chi connectivity index (χ0v) is 45.0. The summed E-state index contributed by atoms with van der Waals surface area (Å²) in [6, 6.07) is -7.11. The van der Waals surface area contributed by atoms with Gasteiger partial charge in [0.2, 0.25) is 59.1 Å². The van der Waals surface area contributed by atoms with E-state index in [0.29, 0.717) is 17.0 Å². The maximum absolute atomic E-state index is 13.9. The number of amides is 10. The van der Waals surface area contributed by atoms with Crippen LogP contribution in [0.2, 0.25) is 0 Å². The third-order valence-electron chi connectivity index (χ3n) is 11.4. The van der Waals surface area contributed by atoms with Gasteiger partial charge in [-0.15, -0.1) is 0 Å². The second kappa shape index (κ2) is 33.9. The maximum atomic E-state index is 13.9. The first-order chi connectivity index (χ1) is 36.3. The highest BCUT2D eigenvalue weighted by atomic mass is 32.2. The minimum atomic E-state index is -1.71. The van der Waals surface area contributed by atoms with Crippen LogP contribution in [0.5, 0.6) is 5.75 Å². The van der Waals surface area contributed by atoms with Crippen molar-refractivity contribution in [1.82, 2.24) is 57.8 Å². The minimum Gasteiger partial charge on any atom is -0.508 e. The highest BCUT2D eigenvalue weighted by Crippen LogP contribution is 2.13. The van der Waals surface area contributed by atoms with Crippen LogP contribution >= 0.6 is 24.4 Å². The van der Waals surface area contributed by atoms with Crippen molar-refractivity contribution in [3.8, 4) is 5.75 Å². The molecule has 77 heavy (non-hydrogen) atoms. The molecule has 10 amide bonds. The lowest BCUT2D eigenvalue weighted by Gasteiger charge is -2.28. The molecule has 0 spiro atoms. The summed E-state index contributed by atoms with van der Waals surface area (Å²) in [6.07, 6.45) is 3.46. The molecule has 2 aromatic rings. The number of carbonyl (C=O) groups excluding carboxylic acids is 10. The van der Waals surface area contributed by atoms with E-state index in [1.54, 1.807) is 34.0 Å². The van der Waals surface area contributed by atoms with Gasteiger partial charge < -0.3 is 84.7 Å². The third kappa shape index (κ3) is 23.8. The molecular formula is C47H73N13O15S2. The highest BCUT2D eigenvalue weighted by molar-refractivity contribution is 7.98. The number of aromatic nitrogens is 2. The Bertz CT molecular complexity index is 2310. The molecule has 2 rings (SSSR count). The number of hydrogen-bond acceptors (Lipinski definition) is 18. The van der Waals surface area contributed by atoms with Gasteiger partial charge >= 0.3 is 5.97 Å². The quantitative estimate of drug-likeness (QED) is 0.0287. The molecule has 0 fully saturated rings. The van der Waals surface area contributed by atoms with Gasteiger partial charge in [0.25, 0.3) is 0 Å². The summed E-state index contributed by atoms with van der Waals surface area (Å²) in [5, 5.41) is 61.1. The number of imidazole rings is 1. The molecule has 0 aliphatic carbocycles. The van der Waals surface area contributed by atoms with E-state index < -0.39 is 152 Å². The van der Waals surface area contributed by atoms with Crippen LogP contribution in [0.3, 0.4) is 0 Å². The van der Waals surface area contributed by atoms with E-state index in [4.69, 9.17) is 11.5 Å². The van der Waals surface area contributed by atoms with Crippen LogP contribution in [0.15, 0.2) is 36.8 Å². The molecule has 0 saturated heterocycles. The van der Waals surface area contributed by atoms with Gasteiger partial charge in [-0.05, 0) is 60.8 Å². The number of aliphatic hydroxyl groups is 2. The molecule has 1 heterocycles. The van der Waals surface area contributed by atoms with E-state index in [1.165, 1.54) is 48.6 Å². The largest absolute Gasteiger partial charge is 0.508 e. The van der Waals surface area contributed by atoms with E-state index in [0.717, 1.165) is 0 Å². The Balaban J connectivity index is 2.24. The Morgan fingerprint density at radius 1 is 0.662 bits per heavy atom. The Labute approximate surface area is 454 Å². The van der Waals surface area contributed by atoms with Crippen LogP contribution in [0.1, 0.15) is 64.6 Å². The summed E-state index contributed by atoms with van der Waals surface area (Å²) < 4.78 is 0. The number of hydrogen-bond donors (Lipinski definition) is 17. The molecule has 0 saturated carbocycles. The Morgan fingerprint density at radius 3 is 1.71 bits per heavy atom. The molecular weight excluding hydrogens is 1050 g/mol. The van der Waals surface area contributed by atoms with Gasteiger partial charge in [-0.2, -0.15) is 24.4 Å². The van der Waals surface area contributed by atoms with Crippen molar-refractivity contribution in [2.75, 3.05) is 37.5 Å². The number of phenols is 1. The van der Waals surface area contributed by atoms with Crippen LogP contribution in [-0.2, 0) is 65.6 Å². The topological polar surface area (TPSA) is 458 Å². The highest BCUT2D eigenvalue weighted by Gasteiger charge is 2.35. The predicted molar refractivity (Wildman–Crippen MR) is 282 cm³/mol.